The molecule has 0 radical (unpaired) electrons. The minimum Gasteiger partial charge on any atom is -0.508 e. The van der Waals surface area contributed by atoms with Crippen LogP contribution in [0.15, 0.2) is 53.4 Å². The van der Waals surface area contributed by atoms with Gasteiger partial charge in [-0.15, -0.1) is 11.8 Å². The van der Waals surface area contributed by atoms with Crippen molar-refractivity contribution in [1.29, 1.82) is 0 Å². The first-order valence-electron chi connectivity index (χ1n) is 6.43. The molecule has 0 bridgehead atoms. The lowest BCUT2D eigenvalue weighted by atomic mass is 10.0. The molecule has 0 amide bonds. The number of hydrogen-bond acceptors (Lipinski definition) is 3. The van der Waals surface area contributed by atoms with E-state index in [0.717, 1.165) is 17.7 Å². The number of thioether (sulfide) groups is 1. The highest BCUT2D eigenvalue weighted by molar-refractivity contribution is 7.98. The molecule has 2 aromatic carbocycles. The first kappa shape index (κ1) is 13.8. The van der Waals surface area contributed by atoms with Crippen LogP contribution in [0.25, 0.3) is 0 Å². The minimum absolute atomic E-state index is 0.123. The van der Waals surface area contributed by atoms with Gasteiger partial charge in [0, 0.05) is 16.1 Å². The molecule has 2 nitrogen and oxygen atoms in total. The maximum atomic E-state index is 9.95. The summed E-state index contributed by atoms with van der Waals surface area (Å²) in [5.41, 5.74) is 2.03. The van der Waals surface area contributed by atoms with Crippen LogP contribution >= 0.6 is 11.8 Å². The zero-order chi connectivity index (χ0) is 13.7. The molecule has 2 aromatic rings. The van der Waals surface area contributed by atoms with Crippen LogP contribution in [-0.2, 0) is 0 Å². The SMILES string of the molecule is CCC(Nc1cccc(SC)c1)c1ccccc1O. The second-order valence-corrected chi connectivity index (χ2v) is 5.28. The van der Waals surface area contributed by atoms with Gasteiger partial charge in [-0.2, -0.15) is 0 Å². The Hall–Kier alpha value is -1.61. The molecule has 2 N–H and O–H groups in total. The fraction of sp³-hybridized carbons (Fsp3) is 0.250. The van der Waals surface area contributed by atoms with Crippen LogP contribution in [0.3, 0.4) is 0 Å². The van der Waals surface area contributed by atoms with Gasteiger partial charge < -0.3 is 10.4 Å². The van der Waals surface area contributed by atoms with E-state index in [1.807, 2.05) is 24.3 Å². The molecular formula is C16H19NOS. The van der Waals surface area contributed by atoms with Crippen molar-refractivity contribution >= 4 is 17.4 Å². The molecule has 0 aromatic heterocycles. The van der Waals surface area contributed by atoms with E-state index in [9.17, 15) is 5.11 Å². The Labute approximate surface area is 118 Å². The lowest BCUT2D eigenvalue weighted by Crippen LogP contribution is -2.09. The Morgan fingerprint density at radius 1 is 1.16 bits per heavy atom. The van der Waals surface area contributed by atoms with Crippen molar-refractivity contribution in [2.75, 3.05) is 11.6 Å². The second-order valence-electron chi connectivity index (χ2n) is 4.40. The third kappa shape index (κ3) is 3.44. The lowest BCUT2D eigenvalue weighted by molar-refractivity contribution is 0.463. The van der Waals surface area contributed by atoms with E-state index in [0.29, 0.717) is 5.75 Å². The van der Waals surface area contributed by atoms with E-state index in [1.165, 1.54) is 4.90 Å². The highest BCUT2D eigenvalue weighted by Crippen LogP contribution is 2.30. The van der Waals surface area contributed by atoms with Crippen molar-refractivity contribution in [3.05, 3.63) is 54.1 Å². The Balaban J connectivity index is 2.21. The van der Waals surface area contributed by atoms with E-state index in [4.69, 9.17) is 0 Å². The Kier molecular flexibility index (Phi) is 4.74. The summed E-state index contributed by atoms with van der Waals surface area (Å²) in [6.45, 7) is 2.11. The van der Waals surface area contributed by atoms with Gasteiger partial charge in [0.2, 0.25) is 0 Å². The maximum absolute atomic E-state index is 9.95. The van der Waals surface area contributed by atoms with E-state index >= 15 is 0 Å². The second kappa shape index (κ2) is 6.53. The summed E-state index contributed by atoms with van der Waals surface area (Å²) in [5, 5.41) is 13.4. The molecule has 1 atom stereocenters. The third-order valence-corrected chi connectivity index (χ3v) is 3.86. The molecule has 0 saturated carbocycles. The first-order valence-corrected chi connectivity index (χ1v) is 7.65. The van der Waals surface area contributed by atoms with Crippen molar-refractivity contribution in [1.82, 2.24) is 0 Å². The highest BCUT2D eigenvalue weighted by Gasteiger charge is 2.12. The quantitative estimate of drug-likeness (QED) is 0.776. The number of phenolic OH excluding ortho intramolecular Hbond substituents is 1. The Morgan fingerprint density at radius 2 is 1.95 bits per heavy atom. The normalized spacial score (nSPS) is 12.1. The molecule has 0 aliphatic heterocycles. The van der Waals surface area contributed by atoms with E-state index < -0.39 is 0 Å². The minimum atomic E-state index is 0.123. The van der Waals surface area contributed by atoms with Gasteiger partial charge in [-0.05, 0) is 36.9 Å². The fourth-order valence-corrected chi connectivity index (χ4v) is 2.56. The van der Waals surface area contributed by atoms with Gasteiger partial charge in [0.15, 0.2) is 0 Å². The number of phenols is 1. The van der Waals surface area contributed by atoms with Gasteiger partial charge in [0.05, 0.1) is 6.04 Å². The average Bonchev–Trinajstić information content (AvgIpc) is 2.46. The van der Waals surface area contributed by atoms with Gasteiger partial charge in [0.25, 0.3) is 0 Å². The molecule has 0 aliphatic carbocycles. The average molecular weight is 273 g/mol. The summed E-state index contributed by atoms with van der Waals surface area (Å²) in [6, 6.07) is 16.0. The molecule has 19 heavy (non-hydrogen) atoms. The monoisotopic (exact) mass is 273 g/mol. The molecule has 100 valence electrons. The topological polar surface area (TPSA) is 32.3 Å². The van der Waals surface area contributed by atoms with Gasteiger partial charge in [-0.1, -0.05) is 31.2 Å². The largest absolute Gasteiger partial charge is 0.508 e. The lowest BCUT2D eigenvalue weighted by Gasteiger charge is -2.20. The summed E-state index contributed by atoms with van der Waals surface area (Å²) in [5.74, 6) is 0.350. The van der Waals surface area contributed by atoms with Crippen molar-refractivity contribution in [2.24, 2.45) is 0 Å². The first-order chi connectivity index (χ1) is 9.24. The number of anilines is 1. The van der Waals surface area contributed by atoms with E-state index in [2.05, 4.69) is 36.7 Å². The van der Waals surface area contributed by atoms with Crippen LogP contribution in [0, 0.1) is 0 Å². The summed E-state index contributed by atoms with van der Waals surface area (Å²) < 4.78 is 0. The van der Waals surface area contributed by atoms with Crippen LogP contribution in [0.4, 0.5) is 5.69 Å². The molecule has 0 heterocycles. The van der Waals surface area contributed by atoms with Gasteiger partial charge in [0.1, 0.15) is 5.75 Å². The molecule has 3 heteroatoms. The zero-order valence-corrected chi connectivity index (χ0v) is 12.1. The number of nitrogens with one attached hydrogen (secondary N) is 1. The standard InChI is InChI=1S/C16H19NOS/c1-3-15(14-9-4-5-10-16(14)18)17-12-7-6-8-13(11-12)19-2/h4-11,15,17-18H,3H2,1-2H3. The fourth-order valence-electron chi connectivity index (χ4n) is 2.10. The van der Waals surface area contributed by atoms with Gasteiger partial charge in [-0.25, -0.2) is 0 Å². The summed E-state index contributed by atoms with van der Waals surface area (Å²) in [6.07, 6.45) is 2.99. The molecule has 2 rings (SSSR count). The summed E-state index contributed by atoms with van der Waals surface area (Å²) in [7, 11) is 0. The number of para-hydroxylation sites is 1. The predicted octanol–water partition coefficient (Wildman–Crippen LogP) is 4.68. The summed E-state index contributed by atoms with van der Waals surface area (Å²) in [4.78, 5) is 1.23. The predicted molar refractivity (Wildman–Crippen MR) is 83.0 cm³/mol. The molecule has 0 saturated heterocycles. The van der Waals surface area contributed by atoms with Crippen LogP contribution in [0.1, 0.15) is 24.9 Å². The Bertz CT molecular complexity index is 542. The smallest absolute Gasteiger partial charge is 0.120 e. The van der Waals surface area contributed by atoms with Crippen LogP contribution in [0.2, 0.25) is 0 Å². The number of hydrogen-bond donors (Lipinski definition) is 2. The molecule has 0 aliphatic rings. The Morgan fingerprint density at radius 3 is 2.63 bits per heavy atom. The molecular weight excluding hydrogens is 254 g/mol. The van der Waals surface area contributed by atoms with Crippen molar-refractivity contribution in [2.45, 2.75) is 24.3 Å². The van der Waals surface area contributed by atoms with Crippen LogP contribution < -0.4 is 5.32 Å². The maximum Gasteiger partial charge on any atom is 0.120 e. The van der Waals surface area contributed by atoms with Crippen LogP contribution in [0.5, 0.6) is 5.75 Å². The van der Waals surface area contributed by atoms with Crippen molar-refractivity contribution in [3.8, 4) is 5.75 Å². The van der Waals surface area contributed by atoms with Crippen LogP contribution in [-0.4, -0.2) is 11.4 Å². The van der Waals surface area contributed by atoms with Crippen molar-refractivity contribution in [3.63, 3.8) is 0 Å². The highest BCUT2D eigenvalue weighted by atomic mass is 32.2. The molecule has 0 fully saturated rings. The zero-order valence-electron chi connectivity index (χ0n) is 11.3. The van der Waals surface area contributed by atoms with Gasteiger partial charge in [-0.3, -0.25) is 0 Å². The van der Waals surface area contributed by atoms with E-state index in [-0.39, 0.29) is 6.04 Å². The molecule has 1 unspecified atom stereocenters. The summed E-state index contributed by atoms with van der Waals surface area (Å²) >= 11 is 1.73. The third-order valence-electron chi connectivity index (χ3n) is 3.13. The number of rotatable bonds is 5. The number of aromatic hydroxyl groups is 1. The van der Waals surface area contributed by atoms with Crippen molar-refractivity contribution < 1.29 is 5.11 Å². The van der Waals surface area contributed by atoms with Gasteiger partial charge >= 0.3 is 0 Å². The van der Waals surface area contributed by atoms with E-state index in [1.54, 1.807) is 17.8 Å². The molecule has 0 spiro atoms. The number of benzene rings is 2.